The van der Waals surface area contributed by atoms with Crippen LogP contribution in [0.15, 0.2) is 36.4 Å². The molecule has 1 aliphatic heterocycles. The molecule has 1 aliphatic rings. The second kappa shape index (κ2) is 6.58. The second-order valence-electron chi connectivity index (χ2n) is 5.53. The molecule has 0 unspecified atom stereocenters. The van der Waals surface area contributed by atoms with Gasteiger partial charge in [0.15, 0.2) is 0 Å². The molecule has 4 rings (SSSR count). The van der Waals surface area contributed by atoms with Crippen LogP contribution in [0.25, 0.3) is 21.8 Å². The quantitative estimate of drug-likeness (QED) is 0.598. The molecule has 5 nitrogen and oxygen atoms in total. The van der Waals surface area contributed by atoms with Crippen molar-refractivity contribution in [2.24, 2.45) is 0 Å². The first-order chi connectivity index (χ1) is 11.4. The van der Waals surface area contributed by atoms with Crippen molar-refractivity contribution in [3.05, 3.63) is 47.8 Å². The molecular weight excluding hydrogens is 292 g/mol. The Morgan fingerprint density at radius 3 is 1.52 bits per heavy atom. The Balaban J connectivity index is 1.82. The van der Waals surface area contributed by atoms with Gasteiger partial charge in [-0.05, 0) is 12.1 Å². The minimum Gasteiger partial charge on any atom is -0.377 e. The first-order valence-electron chi connectivity index (χ1n) is 7.82. The van der Waals surface area contributed by atoms with Crippen molar-refractivity contribution in [2.75, 3.05) is 26.4 Å². The summed E-state index contributed by atoms with van der Waals surface area (Å²) in [6.07, 6.45) is 0. The fraction of sp³-hybridized carbons (Fsp3) is 0.333. The normalized spacial score (nSPS) is 16.9. The molecule has 0 N–H and O–H groups in total. The first-order valence-corrected chi connectivity index (χ1v) is 7.82. The highest BCUT2D eigenvalue weighted by molar-refractivity contribution is 6.02. The first kappa shape index (κ1) is 14.5. The highest BCUT2D eigenvalue weighted by Gasteiger charge is 2.07. The van der Waals surface area contributed by atoms with Gasteiger partial charge in [-0.25, -0.2) is 9.97 Å². The van der Waals surface area contributed by atoms with Crippen LogP contribution >= 0.6 is 0 Å². The van der Waals surface area contributed by atoms with Gasteiger partial charge in [0.1, 0.15) is 0 Å². The van der Waals surface area contributed by atoms with Gasteiger partial charge in [-0.2, -0.15) is 0 Å². The number of aromatic nitrogens is 2. The van der Waals surface area contributed by atoms with Crippen molar-refractivity contribution in [1.29, 1.82) is 0 Å². The predicted octanol–water partition coefficient (Wildman–Crippen LogP) is 2.85. The Bertz CT molecular complexity index is 766. The van der Waals surface area contributed by atoms with E-state index in [1.54, 1.807) is 0 Å². The van der Waals surface area contributed by atoms with Crippen molar-refractivity contribution in [3.8, 4) is 0 Å². The number of nitrogens with zero attached hydrogens (tertiary/aromatic N) is 2. The minimum atomic E-state index is 0.478. The van der Waals surface area contributed by atoms with Crippen LogP contribution in [-0.4, -0.2) is 36.4 Å². The molecule has 0 aliphatic carbocycles. The lowest BCUT2D eigenvalue weighted by molar-refractivity contribution is 0.00615. The largest absolute Gasteiger partial charge is 0.377 e. The lowest BCUT2D eigenvalue weighted by atomic mass is 10.1. The summed E-state index contributed by atoms with van der Waals surface area (Å²) in [6.45, 7) is 3.18. The molecule has 5 heteroatoms. The van der Waals surface area contributed by atoms with E-state index >= 15 is 0 Å². The van der Waals surface area contributed by atoms with Gasteiger partial charge in [-0.3, -0.25) is 0 Å². The third-order valence-corrected chi connectivity index (χ3v) is 3.88. The highest BCUT2D eigenvalue weighted by atomic mass is 16.5. The van der Waals surface area contributed by atoms with Gasteiger partial charge in [-0.15, -0.1) is 0 Å². The molecule has 3 aromatic rings. The summed E-state index contributed by atoms with van der Waals surface area (Å²) >= 11 is 0. The van der Waals surface area contributed by atoms with Gasteiger partial charge >= 0.3 is 0 Å². The summed E-state index contributed by atoms with van der Waals surface area (Å²) in [5.41, 5.74) is 3.64. The zero-order chi connectivity index (χ0) is 15.5. The third-order valence-electron chi connectivity index (χ3n) is 3.88. The van der Waals surface area contributed by atoms with Crippen LogP contribution in [0.2, 0.25) is 0 Å². The van der Waals surface area contributed by atoms with E-state index in [4.69, 9.17) is 24.2 Å². The number of pyridine rings is 2. The van der Waals surface area contributed by atoms with Gasteiger partial charge < -0.3 is 14.2 Å². The average Bonchev–Trinajstić information content (AvgIpc) is 2.60. The fourth-order valence-corrected chi connectivity index (χ4v) is 2.70. The maximum absolute atomic E-state index is 5.63. The zero-order valence-electron chi connectivity index (χ0n) is 12.8. The SMILES string of the molecule is c1cc2ccc3ccc4nc3c2nc1COCCOCCOC4. The van der Waals surface area contributed by atoms with Crippen LogP contribution < -0.4 is 0 Å². The number of hydrogen-bond acceptors (Lipinski definition) is 5. The van der Waals surface area contributed by atoms with E-state index in [-0.39, 0.29) is 0 Å². The molecular formula is C18H18N2O3. The number of rotatable bonds is 0. The molecule has 0 amide bonds. The van der Waals surface area contributed by atoms with E-state index in [9.17, 15) is 0 Å². The van der Waals surface area contributed by atoms with E-state index in [0.717, 1.165) is 33.2 Å². The minimum absolute atomic E-state index is 0.478. The summed E-state index contributed by atoms with van der Waals surface area (Å²) in [5, 5.41) is 2.17. The molecule has 0 atom stereocenters. The summed E-state index contributed by atoms with van der Waals surface area (Å²) in [7, 11) is 0. The van der Waals surface area contributed by atoms with Crippen molar-refractivity contribution in [3.63, 3.8) is 0 Å². The van der Waals surface area contributed by atoms with Crippen molar-refractivity contribution in [1.82, 2.24) is 9.97 Å². The Morgan fingerprint density at radius 1 is 0.565 bits per heavy atom. The Hall–Kier alpha value is -2.08. The van der Waals surface area contributed by atoms with Crippen LogP contribution in [0.5, 0.6) is 0 Å². The molecule has 2 aromatic heterocycles. The highest BCUT2D eigenvalue weighted by Crippen LogP contribution is 2.23. The molecule has 1 aromatic carbocycles. The fourth-order valence-electron chi connectivity index (χ4n) is 2.70. The number of ether oxygens (including phenoxy) is 3. The van der Waals surface area contributed by atoms with Gasteiger partial charge in [0, 0.05) is 10.8 Å². The molecule has 0 saturated heterocycles. The smallest absolute Gasteiger partial charge is 0.0969 e. The molecule has 0 radical (unpaired) electrons. The van der Waals surface area contributed by atoms with Gasteiger partial charge in [0.05, 0.1) is 62.1 Å². The van der Waals surface area contributed by atoms with Gasteiger partial charge in [0.25, 0.3) is 0 Å². The molecule has 4 bridgehead atoms. The molecule has 0 fully saturated rings. The summed E-state index contributed by atoms with van der Waals surface area (Å²) < 4.78 is 16.7. The maximum Gasteiger partial charge on any atom is 0.0969 e. The van der Waals surface area contributed by atoms with Crippen LogP contribution in [0.4, 0.5) is 0 Å². The van der Waals surface area contributed by atoms with Crippen molar-refractivity contribution >= 4 is 21.8 Å². The van der Waals surface area contributed by atoms with Gasteiger partial charge in [0.2, 0.25) is 0 Å². The summed E-state index contributed by atoms with van der Waals surface area (Å²) in [5.74, 6) is 0. The molecule has 0 spiro atoms. The standard InChI is InChI=1S/C18H18N2O3/c1-2-14-4-6-16-12-23-10-8-21-7-9-22-11-15-5-3-13(1)17(19-15)18(14)20-16/h1-6H,7-12H2. The van der Waals surface area contributed by atoms with E-state index in [0.29, 0.717) is 39.6 Å². The van der Waals surface area contributed by atoms with Crippen LogP contribution in [-0.2, 0) is 27.4 Å². The summed E-state index contributed by atoms with van der Waals surface area (Å²) in [4.78, 5) is 9.50. The Labute approximate surface area is 134 Å². The molecule has 118 valence electrons. The lowest BCUT2D eigenvalue weighted by Crippen LogP contribution is -2.09. The topological polar surface area (TPSA) is 53.5 Å². The second-order valence-corrected chi connectivity index (χ2v) is 5.53. The van der Waals surface area contributed by atoms with E-state index in [1.165, 1.54) is 0 Å². The number of hydrogen-bond donors (Lipinski definition) is 0. The zero-order valence-corrected chi connectivity index (χ0v) is 12.8. The average molecular weight is 310 g/mol. The van der Waals surface area contributed by atoms with E-state index < -0.39 is 0 Å². The Morgan fingerprint density at radius 2 is 1.00 bits per heavy atom. The summed E-state index contributed by atoms with van der Waals surface area (Å²) in [6, 6.07) is 12.3. The maximum atomic E-state index is 5.63. The van der Waals surface area contributed by atoms with Gasteiger partial charge in [-0.1, -0.05) is 24.3 Å². The third kappa shape index (κ3) is 3.17. The Kier molecular flexibility index (Phi) is 4.15. The molecule has 3 heterocycles. The molecule has 0 saturated carbocycles. The van der Waals surface area contributed by atoms with Crippen LogP contribution in [0.1, 0.15) is 11.4 Å². The molecule has 23 heavy (non-hydrogen) atoms. The number of fused-ring (bicyclic) bond motifs is 2. The lowest BCUT2D eigenvalue weighted by Gasteiger charge is -2.07. The monoisotopic (exact) mass is 310 g/mol. The van der Waals surface area contributed by atoms with Crippen LogP contribution in [0, 0.1) is 0 Å². The van der Waals surface area contributed by atoms with Crippen molar-refractivity contribution in [2.45, 2.75) is 13.2 Å². The van der Waals surface area contributed by atoms with Crippen molar-refractivity contribution < 1.29 is 14.2 Å². The number of benzene rings is 1. The van der Waals surface area contributed by atoms with E-state index in [1.807, 2.05) is 12.1 Å². The van der Waals surface area contributed by atoms with Crippen LogP contribution in [0.3, 0.4) is 0 Å². The van der Waals surface area contributed by atoms with E-state index in [2.05, 4.69) is 24.3 Å². The predicted molar refractivity (Wildman–Crippen MR) is 87.2 cm³/mol.